The normalized spacial score (nSPS) is 12.9. The first kappa shape index (κ1) is 19.9. The molecule has 0 bridgehead atoms. The Balaban J connectivity index is 2.08. The van der Waals surface area contributed by atoms with Crippen LogP contribution in [0.1, 0.15) is 43.0 Å². The number of carbonyl (C=O) groups excluding carboxylic acids is 1. The van der Waals surface area contributed by atoms with Crippen LogP contribution in [0.5, 0.6) is 0 Å². The first-order valence-electron chi connectivity index (χ1n) is 9.22. The topological polar surface area (TPSA) is 37.6 Å². The maximum absolute atomic E-state index is 13.2. The van der Waals surface area contributed by atoms with Crippen LogP contribution in [0.25, 0.3) is 5.65 Å². The van der Waals surface area contributed by atoms with E-state index in [1.165, 1.54) is 6.07 Å². The second-order valence-corrected chi connectivity index (χ2v) is 6.56. The summed E-state index contributed by atoms with van der Waals surface area (Å²) >= 11 is 0. The highest BCUT2D eigenvalue weighted by molar-refractivity contribution is 5.77. The van der Waals surface area contributed by atoms with Crippen molar-refractivity contribution in [2.24, 2.45) is 0 Å². The highest BCUT2D eigenvalue weighted by atomic mass is 19.4. The zero-order chi connectivity index (χ0) is 20.3. The summed E-state index contributed by atoms with van der Waals surface area (Å²) in [4.78, 5) is 18.8. The summed E-state index contributed by atoms with van der Waals surface area (Å²) < 4.78 is 41.5. The molecule has 0 N–H and O–H groups in total. The maximum Gasteiger partial charge on any atom is 0.416 e. The Morgan fingerprint density at radius 3 is 2.57 bits per heavy atom. The fourth-order valence-electron chi connectivity index (χ4n) is 3.41. The second-order valence-electron chi connectivity index (χ2n) is 6.56. The number of amides is 1. The predicted molar refractivity (Wildman–Crippen MR) is 101 cm³/mol. The van der Waals surface area contributed by atoms with E-state index >= 15 is 0 Å². The fraction of sp³-hybridized carbons (Fsp3) is 0.333. The van der Waals surface area contributed by atoms with Gasteiger partial charge in [-0.25, -0.2) is 4.98 Å². The molecule has 1 unspecified atom stereocenters. The van der Waals surface area contributed by atoms with Crippen molar-refractivity contribution in [2.45, 2.75) is 32.4 Å². The number of hydrogen-bond donors (Lipinski definition) is 0. The molecule has 3 rings (SSSR count). The van der Waals surface area contributed by atoms with E-state index in [-0.39, 0.29) is 12.3 Å². The molecule has 1 amide bonds. The van der Waals surface area contributed by atoms with Gasteiger partial charge in [0.1, 0.15) is 5.65 Å². The number of hydrogen-bond acceptors (Lipinski definition) is 2. The third kappa shape index (κ3) is 4.03. The lowest BCUT2D eigenvalue weighted by atomic mass is 9.90. The summed E-state index contributed by atoms with van der Waals surface area (Å²) in [5, 5.41) is 0. The summed E-state index contributed by atoms with van der Waals surface area (Å²) in [6, 6.07) is 10.7. The summed E-state index contributed by atoms with van der Waals surface area (Å²) in [5.41, 5.74) is 1.10. The summed E-state index contributed by atoms with van der Waals surface area (Å²) in [6.45, 7) is 4.87. The van der Waals surface area contributed by atoms with Gasteiger partial charge in [0, 0.05) is 37.8 Å². The minimum Gasteiger partial charge on any atom is -0.343 e. The van der Waals surface area contributed by atoms with E-state index in [2.05, 4.69) is 4.98 Å². The van der Waals surface area contributed by atoms with Crippen molar-refractivity contribution in [3.63, 3.8) is 0 Å². The molecule has 3 aromatic rings. The van der Waals surface area contributed by atoms with Crippen LogP contribution in [0.4, 0.5) is 13.2 Å². The Morgan fingerprint density at radius 1 is 1.14 bits per heavy atom. The number of carbonyl (C=O) groups is 1. The molecule has 7 heteroatoms. The van der Waals surface area contributed by atoms with E-state index in [0.29, 0.717) is 30.0 Å². The molecule has 2 heterocycles. The number of imidazole rings is 1. The lowest BCUT2D eigenvalue weighted by Gasteiger charge is -2.23. The number of rotatable bonds is 6. The van der Waals surface area contributed by atoms with E-state index < -0.39 is 17.7 Å². The van der Waals surface area contributed by atoms with Crippen LogP contribution in [-0.4, -0.2) is 33.3 Å². The number of nitrogens with zero attached hydrogens (tertiary/aromatic N) is 3. The Labute approximate surface area is 161 Å². The molecule has 28 heavy (non-hydrogen) atoms. The van der Waals surface area contributed by atoms with Crippen molar-refractivity contribution in [1.29, 1.82) is 0 Å². The van der Waals surface area contributed by atoms with Gasteiger partial charge in [-0.1, -0.05) is 24.3 Å². The number of pyridine rings is 1. The molecule has 0 radical (unpaired) electrons. The van der Waals surface area contributed by atoms with Crippen LogP contribution < -0.4 is 0 Å². The van der Waals surface area contributed by atoms with Crippen molar-refractivity contribution in [3.8, 4) is 0 Å². The minimum absolute atomic E-state index is 0.0751. The van der Waals surface area contributed by atoms with Crippen LogP contribution in [0, 0.1) is 0 Å². The third-order valence-electron chi connectivity index (χ3n) is 4.91. The number of benzene rings is 1. The molecule has 1 aromatic carbocycles. The lowest BCUT2D eigenvalue weighted by molar-refractivity contribution is -0.137. The van der Waals surface area contributed by atoms with Crippen LogP contribution in [0.15, 0.2) is 54.9 Å². The van der Waals surface area contributed by atoms with Gasteiger partial charge in [-0.2, -0.15) is 13.2 Å². The van der Waals surface area contributed by atoms with E-state index in [1.807, 2.05) is 36.4 Å². The van der Waals surface area contributed by atoms with Gasteiger partial charge in [-0.15, -0.1) is 0 Å². The lowest BCUT2D eigenvalue weighted by Crippen LogP contribution is -2.31. The standard InChI is InChI=1S/C21H22F3N3O/c1-3-26(4-2)20(28)13-17(15-8-7-9-16(12-15)21(22,23)24)18-14-25-19-10-5-6-11-27(18)19/h5-12,14,17H,3-4,13H2,1-2H3. The average molecular weight is 389 g/mol. The van der Waals surface area contributed by atoms with Gasteiger partial charge >= 0.3 is 6.18 Å². The van der Waals surface area contributed by atoms with E-state index in [0.717, 1.165) is 12.1 Å². The number of aromatic nitrogens is 2. The smallest absolute Gasteiger partial charge is 0.343 e. The summed E-state index contributed by atoms with van der Waals surface area (Å²) in [7, 11) is 0. The number of fused-ring (bicyclic) bond motifs is 1. The molecule has 0 aliphatic rings. The largest absolute Gasteiger partial charge is 0.416 e. The first-order valence-corrected chi connectivity index (χ1v) is 9.22. The third-order valence-corrected chi connectivity index (χ3v) is 4.91. The summed E-state index contributed by atoms with van der Waals surface area (Å²) in [6.07, 6.45) is -0.926. The van der Waals surface area contributed by atoms with Gasteiger partial charge in [0.05, 0.1) is 11.3 Å². The van der Waals surface area contributed by atoms with Crippen molar-refractivity contribution in [1.82, 2.24) is 14.3 Å². The molecule has 0 saturated carbocycles. The highest BCUT2D eigenvalue weighted by Crippen LogP contribution is 2.34. The molecule has 148 valence electrons. The maximum atomic E-state index is 13.2. The van der Waals surface area contributed by atoms with Crippen LogP contribution >= 0.6 is 0 Å². The Morgan fingerprint density at radius 2 is 1.89 bits per heavy atom. The van der Waals surface area contributed by atoms with Gasteiger partial charge < -0.3 is 9.30 Å². The minimum atomic E-state index is -4.44. The van der Waals surface area contributed by atoms with Crippen molar-refractivity contribution in [3.05, 3.63) is 71.7 Å². The van der Waals surface area contributed by atoms with Crippen LogP contribution in [0.2, 0.25) is 0 Å². The Kier molecular flexibility index (Phi) is 5.72. The van der Waals surface area contributed by atoms with Gasteiger partial charge in [-0.3, -0.25) is 4.79 Å². The van der Waals surface area contributed by atoms with E-state index in [4.69, 9.17) is 0 Å². The SMILES string of the molecule is CCN(CC)C(=O)CC(c1cccc(C(F)(F)F)c1)c1cnc2ccccn12. The molecule has 0 spiro atoms. The van der Waals surface area contributed by atoms with Gasteiger partial charge in [0.25, 0.3) is 0 Å². The Bertz CT molecular complexity index is 961. The number of halogens is 3. The zero-order valence-electron chi connectivity index (χ0n) is 15.8. The molecule has 4 nitrogen and oxygen atoms in total. The Hall–Kier alpha value is -2.83. The van der Waals surface area contributed by atoms with Gasteiger partial charge in [0.15, 0.2) is 0 Å². The predicted octanol–water partition coefficient (Wildman–Crippen LogP) is 4.74. The molecule has 0 aliphatic carbocycles. The zero-order valence-corrected chi connectivity index (χ0v) is 15.8. The second kappa shape index (κ2) is 8.04. The van der Waals surface area contributed by atoms with Crippen molar-refractivity contribution >= 4 is 11.6 Å². The van der Waals surface area contributed by atoms with Gasteiger partial charge in [-0.05, 0) is 37.6 Å². The molecular weight excluding hydrogens is 367 g/mol. The van der Waals surface area contributed by atoms with Crippen LogP contribution in [-0.2, 0) is 11.0 Å². The molecular formula is C21H22F3N3O. The average Bonchev–Trinajstić information content (AvgIpc) is 3.10. The quantitative estimate of drug-likeness (QED) is 0.611. The molecule has 0 aliphatic heterocycles. The highest BCUT2D eigenvalue weighted by Gasteiger charge is 2.32. The number of alkyl halides is 3. The fourth-order valence-corrected chi connectivity index (χ4v) is 3.41. The molecule has 1 atom stereocenters. The van der Waals surface area contributed by atoms with Gasteiger partial charge in [0.2, 0.25) is 5.91 Å². The van der Waals surface area contributed by atoms with Crippen molar-refractivity contribution in [2.75, 3.05) is 13.1 Å². The molecule has 0 saturated heterocycles. The van der Waals surface area contributed by atoms with Crippen molar-refractivity contribution < 1.29 is 18.0 Å². The summed E-state index contributed by atoms with van der Waals surface area (Å²) in [5.74, 6) is -0.633. The first-order chi connectivity index (χ1) is 13.3. The van der Waals surface area contributed by atoms with Crippen LogP contribution in [0.3, 0.4) is 0 Å². The molecule has 2 aromatic heterocycles. The molecule has 0 fully saturated rings. The van der Waals surface area contributed by atoms with E-state index in [9.17, 15) is 18.0 Å². The monoisotopic (exact) mass is 389 g/mol. The van der Waals surface area contributed by atoms with E-state index in [1.54, 1.807) is 23.4 Å².